The van der Waals surface area contributed by atoms with Gasteiger partial charge in [0.25, 0.3) is 0 Å². The Morgan fingerprint density at radius 3 is 2.48 bits per heavy atom. The van der Waals surface area contributed by atoms with Crippen molar-refractivity contribution >= 4 is 29.2 Å². The van der Waals surface area contributed by atoms with Gasteiger partial charge >= 0.3 is 5.97 Å². The van der Waals surface area contributed by atoms with Gasteiger partial charge in [-0.2, -0.15) is 0 Å². The maximum atomic E-state index is 12.5. The van der Waals surface area contributed by atoms with Crippen molar-refractivity contribution in [1.82, 2.24) is 5.32 Å². The standard InChI is InChI=1S/C17H19ClN2O3/c18-12-3-5-14(6-4-12)20-10-7-13(11-20)19-15(21)17(16(22)23)8-1-2-9-17/h1-6,13H,7-11H2,(H,19,21)(H,22,23). The van der Waals surface area contributed by atoms with Crippen LogP contribution >= 0.6 is 11.6 Å². The molecule has 1 atom stereocenters. The van der Waals surface area contributed by atoms with Crippen molar-refractivity contribution in [3.8, 4) is 0 Å². The van der Waals surface area contributed by atoms with Crippen molar-refractivity contribution in [3.63, 3.8) is 0 Å². The first-order valence-corrected chi connectivity index (χ1v) is 8.09. The number of hydrogen-bond acceptors (Lipinski definition) is 3. The molecule has 122 valence electrons. The first-order chi connectivity index (χ1) is 11.0. The fraction of sp³-hybridized carbons (Fsp3) is 0.412. The van der Waals surface area contributed by atoms with E-state index >= 15 is 0 Å². The SMILES string of the molecule is O=C(O)C1(C(=O)NC2CCN(c3ccc(Cl)cc3)C2)CC=CC1. The zero-order valence-electron chi connectivity index (χ0n) is 12.7. The maximum absolute atomic E-state index is 12.5. The number of nitrogens with one attached hydrogen (secondary N) is 1. The van der Waals surface area contributed by atoms with Gasteiger partial charge in [-0.1, -0.05) is 23.8 Å². The van der Waals surface area contributed by atoms with Crippen LogP contribution in [0.1, 0.15) is 19.3 Å². The predicted molar refractivity (Wildman–Crippen MR) is 88.7 cm³/mol. The Hall–Kier alpha value is -2.01. The number of aliphatic carboxylic acids is 1. The first kappa shape index (κ1) is 15.9. The average Bonchev–Trinajstić information content (AvgIpc) is 3.17. The molecule has 0 radical (unpaired) electrons. The second-order valence-electron chi connectivity index (χ2n) is 6.15. The Labute approximate surface area is 139 Å². The molecule has 1 aromatic carbocycles. The van der Waals surface area contributed by atoms with Gasteiger partial charge in [-0.05, 0) is 43.5 Å². The van der Waals surface area contributed by atoms with E-state index in [2.05, 4.69) is 10.2 Å². The Balaban J connectivity index is 1.62. The topological polar surface area (TPSA) is 69.6 Å². The maximum Gasteiger partial charge on any atom is 0.319 e. The minimum atomic E-state index is -1.33. The molecule has 2 aliphatic rings. The summed E-state index contributed by atoms with van der Waals surface area (Å²) in [7, 11) is 0. The van der Waals surface area contributed by atoms with E-state index in [1.165, 1.54) is 0 Å². The van der Waals surface area contributed by atoms with E-state index in [1.54, 1.807) is 12.2 Å². The van der Waals surface area contributed by atoms with Crippen molar-refractivity contribution in [1.29, 1.82) is 0 Å². The predicted octanol–water partition coefficient (Wildman–Crippen LogP) is 2.46. The molecule has 1 aliphatic heterocycles. The summed E-state index contributed by atoms with van der Waals surface area (Å²) >= 11 is 5.90. The molecule has 1 amide bonds. The number of amides is 1. The summed E-state index contributed by atoms with van der Waals surface area (Å²) in [5, 5.41) is 13.1. The molecule has 2 N–H and O–H groups in total. The molecule has 0 saturated carbocycles. The third kappa shape index (κ3) is 3.06. The lowest BCUT2D eigenvalue weighted by atomic mass is 9.84. The van der Waals surface area contributed by atoms with Crippen LogP contribution in [0.15, 0.2) is 36.4 Å². The van der Waals surface area contributed by atoms with Gasteiger partial charge in [-0.3, -0.25) is 9.59 Å². The summed E-state index contributed by atoms with van der Waals surface area (Å²) in [6.07, 6.45) is 4.87. The second kappa shape index (κ2) is 6.24. The van der Waals surface area contributed by atoms with Crippen molar-refractivity contribution in [2.24, 2.45) is 5.41 Å². The number of benzene rings is 1. The van der Waals surface area contributed by atoms with Crippen molar-refractivity contribution in [3.05, 3.63) is 41.4 Å². The number of carbonyl (C=O) groups is 2. The van der Waals surface area contributed by atoms with Crippen molar-refractivity contribution in [2.45, 2.75) is 25.3 Å². The molecule has 1 saturated heterocycles. The lowest BCUT2D eigenvalue weighted by Crippen LogP contribution is -2.49. The minimum absolute atomic E-state index is 0.0324. The fourth-order valence-corrected chi connectivity index (χ4v) is 3.32. The molecular weight excluding hydrogens is 316 g/mol. The zero-order valence-corrected chi connectivity index (χ0v) is 13.4. The van der Waals surface area contributed by atoms with E-state index in [0.29, 0.717) is 11.6 Å². The molecule has 5 nitrogen and oxygen atoms in total. The van der Waals surface area contributed by atoms with E-state index in [-0.39, 0.29) is 24.8 Å². The molecule has 23 heavy (non-hydrogen) atoms. The van der Waals surface area contributed by atoms with Gasteiger partial charge < -0.3 is 15.3 Å². The average molecular weight is 335 g/mol. The third-order valence-corrected chi connectivity index (χ3v) is 4.91. The van der Waals surface area contributed by atoms with E-state index < -0.39 is 11.4 Å². The number of carboxylic acid groups (broad SMARTS) is 1. The molecule has 1 aliphatic carbocycles. The highest BCUT2D eigenvalue weighted by atomic mass is 35.5. The van der Waals surface area contributed by atoms with Crippen LogP contribution in [0.4, 0.5) is 5.69 Å². The molecular formula is C17H19ClN2O3. The Morgan fingerprint density at radius 1 is 1.22 bits per heavy atom. The summed E-state index contributed by atoms with van der Waals surface area (Å²) in [4.78, 5) is 26.2. The monoisotopic (exact) mass is 334 g/mol. The van der Waals surface area contributed by atoms with Crippen LogP contribution in [0.2, 0.25) is 5.02 Å². The largest absolute Gasteiger partial charge is 0.480 e. The summed E-state index contributed by atoms with van der Waals surface area (Å²) in [5.74, 6) is -1.43. The number of carboxylic acids is 1. The third-order valence-electron chi connectivity index (χ3n) is 4.66. The Bertz CT molecular complexity index is 634. The van der Waals surface area contributed by atoms with Gasteiger partial charge in [0.15, 0.2) is 5.41 Å². The van der Waals surface area contributed by atoms with Crippen LogP contribution < -0.4 is 10.2 Å². The molecule has 3 rings (SSSR count). The van der Waals surface area contributed by atoms with Crippen LogP contribution in [0.3, 0.4) is 0 Å². The number of hydrogen-bond donors (Lipinski definition) is 2. The normalized spacial score (nSPS) is 22.3. The van der Waals surface area contributed by atoms with E-state index in [0.717, 1.165) is 18.7 Å². The van der Waals surface area contributed by atoms with Gasteiger partial charge in [-0.15, -0.1) is 0 Å². The smallest absolute Gasteiger partial charge is 0.319 e. The number of rotatable bonds is 4. The highest BCUT2D eigenvalue weighted by Crippen LogP contribution is 2.34. The molecule has 1 heterocycles. The van der Waals surface area contributed by atoms with Crippen LogP contribution in [0.5, 0.6) is 0 Å². The van der Waals surface area contributed by atoms with E-state index in [1.807, 2.05) is 24.3 Å². The van der Waals surface area contributed by atoms with Gasteiger partial charge in [0.1, 0.15) is 0 Å². The van der Waals surface area contributed by atoms with Crippen molar-refractivity contribution in [2.75, 3.05) is 18.0 Å². The summed E-state index contributed by atoms with van der Waals surface area (Å²) in [6, 6.07) is 7.55. The molecule has 0 spiro atoms. The Morgan fingerprint density at radius 2 is 1.87 bits per heavy atom. The summed E-state index contributed by atoms with van der Waals surface area (Å²) < 4.78 is 0. The highest BCUT2D eigenvalue weighted by Gasteiger charge is 2.47. The number of allylic oxidation sites excluding steroid dienone is 2. The molecule has 1 aromatic rings. The van der Waals surface area contributed by atoms with Crippen molar-refractivity contribution < 1.29 is 14.7 Å². The van der Waals surface area contributed by atoms with Gasteiger partial charge in [0.2, 0.25) is 5.91 Å². The van der Waals surface area contributed by atoms with Crippen LogP contribution in [0.25, 0.3) is 0 Å². The quantitative estimate of drug-likeness (QED) is 0.655. The molecule has 0 aromatic heterocycles. The van der Waals surface area contributed by atoms with Crippen LogP contribution in [0, 0.1) is 5.41 Å². The lowest BCUT2D eigenvalue weighted by molar-refractivity contribution is -0.155. The lowest BCUT2D eigenvalue weighted by Gasteiger charge is -2.25. The van der Waals surface area contributed by atoms with Gasteiger partial charge in [0, 0.05) is 29.8 Å². The van der Waals surface area contributed by atoms with Gasteiger partial charge in [-0.25, -0.2) is 0 Å². The molecule has 1 fully saturated rings. The fourth-order valence-electron chi connectivity index (χ4n) is 3.20. The molecule has 6 heteroatoms. The second-order valence-corrected chi connectivity index (χ2v) is 6.58. The Kier molecular flexibility index (Phi) is 4.31. The van der Waals surface area contributed by atoms with Crippen LogP contribution in [-0.4, -0.2) is 36.1 Å². The summed E-state index contributed by atoms with van der Waals surface area (Å²) in [6.45, 7) is 1.50. The minimum Gasteiger partial charge on any atom is -0.480 e. The molecule has 0 bridgehead atoms. The van der Waals surface area contributed by atoms with E-state index in [4.69, 9.17) is 11.6 Å². The molecule has 1 unspecified atom stereocenters. The first-order valence-electron chi connectivity index (χ1n) is 7.71. The number of nitrogens with zero attached hydrogens (tertiary/aromatic N) is 1. The summed E-state index contributed by atoms with van der Waals surface area (Å²) in [5.41, 5.74) is -0.269. The zero-order chi connectivity index (χ0) is 16.4. The highest BCUT2D eigenvalue weighted by molar-refractivity contribution is 6.30. The number of halogens is 1. The van der Waals surface area contributed by atoms with E-state index in [9.17, 15) is 14.7 Å². The number of carbonyl (C=O) groups excluding carboxylic acids is 1. The van der Waals surface area contributed by atoms with Crippen LogP contribution in [-0.2, 0) is 9.59 Å². The van der Waals surface area contributed by atoms with Gasteiger partial charge in [0.05, 0.1) is 0 Å². The number of anilines is 1.